The van der Waals surface area contributed by atoms with Gasteiger partial charge in [0.2, 0.25) is 0 Å². The first-order valence-corrected chi connectivity index (χ1v) is 8.59. The lowest BCUT2D eigenvalue weighted by molar-refractivity contribution is -0.128. The molecule has 0 bridgehead atoms. The Morgan fingerprint density at radius 2 is 1.85 bits per heavy atom. The number of hydrogen-bond acceptors (Lipinski definition) is 5. The van der Waals surface area contributed by atoms with Crippen LogP contribution in [0.4, 0.5) is 0 Å². The number of carbonyl (C=O) groups excluding carboxylic acids is 2. The van der Waals surface area contributed by atoms with Crippen LogP contribution in [-0.4, -0.2) is 42.4 Å². The van der Waals surface area contributed by atoms with E-state index in [4.69, 9.17) is 9.84 Å². The van der Waals surface area contributed by atoms with Gasteiger partial charge in [0.1, 0.15) is 11.9 Å². The van der Waals surface area contributed by atoms with Crippen LogP contribution < -0.4 is 15.5 Å². The average Bonchev–Trinajstić information content (AvgIpc) is 2.68. The molecular formula is C20H23N3O4. The van der Waals surface area contributed by atoms with E-state index in [2.05, 4.69) is 15.8 Å². The highest BCUT2D eigenvalue weighted by Crippen LogP contribution is 2.10. The summed E-state index contributed by atoms with van der Waals surface area (Å²) in [4.78, 5) is 23.0. The van der Waals surface area contributed by atoms with Crippen LogP contribution in [0.2, 0.25) is 0 Å². The van der Waals surface area contributed by atoms with Crippen LogP contribution in [0.3, 0.4) is 0 Å². The van der Waals surface area contributed by atoms with Crippen molar-refractivity contribution in [2.75, 3.05) is 13.2 Å². The first-order chi connectivity index (χ1) is 13.0. The zero-order chi connectivity index (χ0) is 19.5. The van der Waals surface area contributed by atoms with Crippen LogP contribution in [0.15, 0.2) is 59.7 Å². The molecule has 2 amide bonds. The van der Waals surface area contributed by atoms with Gasteiger partial charge in [0.25, 0.3) is 11.8 Å². The van der Waals surface area contributed by atoms with Crippen molar-refractivity contribution >= 4 is 18.0 Å². The van der Waals surface area contributed by atoms with Gasteiger partial charge in [-0.15, -0.1) is 0 Å². The van der Waals surface area contributed by atoms with Crippen LogP contribution >= 0.6 is 0 Å². The number of nitrogens with zero attached hydrogens (tertiary/aromatic N) is 1. The van der Waals surface area contributed by atoms with E-state index in [9.17, 15) is 9.59 Å². The summed E-state index contributed by atoms with van der Waals surface area (Å²) >= 11 is 0. The number of aliphatic hydroxyl groups excluding tert-OH is 1. The number of nitrogens with one attached hydrogen (secondary N) is 2. The van der Waals surface area contributed by atoms with E-state index in [1.54, 1.807) is 24.3 Å². The molecule has 2 aromatic rings. The second-order valence-corrected chi connectivity index (χ2v) is 5.85. The summed E-state index contributed by atoms with van der Waals surface area (Å²) in [5.41, 5.74) is 4.12. The van der Waals surface area contributed by atoms with E-state index >= 15 is 0 Å². The first-order valence-electron chi connectivity index (χ1n) is 8.59. The Bertz CT molecular complexity index is 759. The summed E-state index contributed by atoms with van der Waals surface area (Å²) in [5, 5.41) is 15.6. The third kappa shape index (κ3) is 7.70. The van der Waals surface area contributed by atoms with Gasteiger partial charge in [-0.2, -0.15) is 5.10 Å². The molecule has 2 rings (SSSR count). The molecule has 7 heteroatoms. The summed E-state index contributed by atoms with van der Waals surface area (Å²) in [6, 6.07) is 16.8. The van der Waals surface area contributed by atoms with Crippen molar-refractivity contribution in [1.29, 1.82) is 0 Å². The smallest absolute Gasteiger partial charge is 0.268 e. The number of benzene rings is 2. The maximum Gasteiger partial charge on any atom is 0.268 e. The summed E-state index contributed by atoms with van der Waals surface area (Å²) in [7, 11) is 0. The third-order valence-electron chi connectivity index (χ3n) is 3.60. The fraction of sp³-hybridized carbons (Fsp3) is 0.250. The second kappa shape index (κ2) is 10.7. The predicted molar refractivity (Wildman–Crippen MR) is 103 cm³/mol. The number of aliphatic hydroxyl groups is 1. The van der Waals surface area contributed by atoms with Crippen molar-refractivity contribution in [3.8, 4) is 5.75 Å². The molecule has 0 heterocycles. The minimum Gasteiger partial charge on any atom is -0.484 e. The minimum atomic E-state index is -1.11. The maximum atomic E-state index is 11.8. The van der Waals surface area contributed by atoms with Gasteiger partial charge in [-0.25, -0.2) is 5.43 Å². The molecule has 1 atom stereocenters. The normalized spacial score (nSPS) is 11.8. The summed E-state index contributed by atoms with van der Waals surface area (Å²) in [6.07, 6.45) is 1.10. The Balaban J connectivity index is 1.69. The molecule has 2 aromatic carbocycles. The molecule has 0 fully saturated rings. The maximum absolute atomic E-state index is 11.8. The molecule has 0 aliphatic heterocycles. The van der Waals surface area contributed by atoms with Crippen LogP contribution in [0.1, 0.15) is 18.1 Å². The van der Waals surface area contributed by atoms with Gasteiger partial charge in [-0.05, 0) is 48.7 Å². The largest absolute Gasteiger partial charge is 0.484 e. The van der Waals surface area contributed by atoms with Crippen LogP contribution in [-0.2, 0) is 16.0 Å². The van der Waals surface area contributed by atoms with Gasteiger partial charge in [0.15, 0.2) is 6.61 Å². The topological polar surface area (TPSA) is 100 Å². The Hall–Kier alpha value is -3.19. The second-order valence-electron chi connectivity index (χ2n) is 5.85. The molecule has 3 N–H and O–H groups in total. The van der Waals surface area contributed by atoms with E-state index in [-0.39, 0.29) is 12.5 Å². The predicted octanol–water partition coefficient (Wildman–Crippen LogP) is 1.26. The third-order valence-corrected chi connectivity index (χ3v) is 3.60. The molecule has 0 saturated heterocycles. The van der Waals surface area contributed by atoms with Crippen molar-refractivity contribution < 1.29 is 19.4 Å². The molecule has 0 spiro atoms. The molecule has 27 heavy (non-hydrogen) atoms. The Morgan fingerprint density at radius 3 is 2.52 bits per heavy atom. The van der Waals surface area contributed by atoms with Gasteiger partial charge in [-0.3, -0.25) is 9.59 Å². The number of rotatable bonds is 9. The summed E-state index contributed by atoms with van der Waals surface area (Å²) in [6.45, 7) is 1.85. The van der Waals surface area contributed by atoms with Crippen molar-refractivity contribution in [2.24, 2.45) is 5.10 Å². The van der Waals surface area contributed by atoms with Crippen molar-refractivity contribution in [1.82, 2.24) is 10.7 Å². The number of carbonyl (C=O) groups is 2. The SMILES string of the molecule is C[C@@H](O)C(=O)N/N=C\c1ccc(OCC(=O)NCCc2ccccc2)cc1. The molecule has 0 unspecified atom stereocenters. The van der Waals surface area contributed by atoms with Gasteiger partial charge in [-0.1, -0.05) is 30.3 Å². The average molecular weight is 369 g/mol. The summed E-state index contributed by atoms with van der Waals surface area (Å²) < 4.78 is 5.44. The van der Waals surface area contributed by atoms with E-state index in [0.29, 0.717) is 12.3 Å². The Morgan fingerprint density at radius 1 is 1.15 bits per heavy atom. The highest BCUT2D eigenvalue weighted by Gasteiger charge is 2.06. The van der Waals surface area contributed by atoms with Crippen LogP contribution in [0, 0.1) is 0 Å². The zero-order valence-electron chi connectivity index (χ0n) is 15.1. The van der Waals surface area contributed by atoms with Gasteiger partial charge in [0, 0.05) is 6.54 Å². The molecule has 0 aromatic heterocycles. The zero-order valence-corrected chi connectivity index (χ0v) is 15.1. The van der Waals surface area contributed by atoms with Crippen LogP contribution in [0.5, 0.6) is 5.75 Å². The number of amides is 2. The molecular weight excluding hydrogens is 346 g/mol. The fourth-order valence-electron chi connectivity index (χ4n) is 2.10. The Kier molecular flexibility index (Phi) is 7.99. The number of hydrazone groups is 1. The monoisotopic (exact) mass is 369 g/mol. The minimum absolute atomic E-state index is 0.0628. The van der Waals surface area contributed by atoms with Crippen molar-refractivity contribution in [3.05, 3.63) is 65.7 Å². The fourth-order valence-corrected chi connectivity index (χ4v) is 2.10. The van der Waals surface area contributed by atoms with E-state index in [1.165, 1.54) is 18.7 Å². The molecule has 0 saturated carbocycles. The van der Waals surface area contributed by atoms with Crippen molar-refractivity contribution in [3.63, 3.8) is 0 Å². The molecule has 142 valence electrons. The van der Waals surface area contributed by atoms with E-state index in [1.807, 2.05) is 30.3 Å². The highest BCUT2D eigenvalue weighted by molar-refractivity contribution is 5.84. The van der Waals surface area contributed by atoms with E-state index < -0.39 is 12.0 Å². The van der Waals surface area contributed by atoms with Gasteiger partial charge in [0.05, 0.1) is 6.21 Å². The lowest BCUT2D eigenvalue weighted by Crippen LogP contribution is -2.30. The first kappa shape index (κ1) is 20.1. The standard InChI is InChI=1S/C20H23N3O4/c1-15(24)20(26)23-22-13-17-7-9-18(10-8-17)27-14-19(25)21-12-11-16-5-3-2-4-6-16/h2-10,13,15,24H,11-12,14H2,1H3,(H,21,25)(H,23,26)/b22-13-/t15-/m1/s1. The van der Waals surface area contributed by atoms with Gasteiger partial charge >= 0.3 is 0 Å². The lowest BCUT2D eigenvalue weighted by atomic mass is 10.1. The van der Waals surface area contributed by atoms with E-state index in [0.717, 1.165) is 12.0 Å². The van der Waals surface area contributed by atoms with Gasteiger partial charge < -0.3 is 15.2 Å². The number of hydrogen-bond donors (Lipinski definition) is 3. The number of ether oxygens (including phenoxy) is 1. The summed E-state index contributed by atoms with van der Waals surface area (Å²) in [5.74, 6) is -0.208. The van der Waals surface area contributed by atoms with Crippen LogP contribution in [0.25, 0.3) is 0 Å². The molecule has 7 nitrogen and oxygen atoms in total. The molecule has 0 aliphatic carbocycles. The Labute approximate surface area is 158 Å². The van der Waals surface area contributed by atoms with Crippen molar-refractivity contribution in [2.45, 2.75) is 19.4 Å². The lowest BCUT2D eigenvalue weighted by Gasteiger charge is -2.08. The highest BCUT2D eigenvalue weighted by atomic mass is 16.5. The quantitative estimate of drug-likeness (QED) is 0.458. The molecule has 0 aliphatic rings. The molecule has 0 radical (unpaired) electrons.